The number of nitrogens with zero attached hydrogens (tertiary/aromatic N) is 2. The summed E-state index contributed by atoms with van der Waals surface area (Å²) in [5, 5.41) is 3.54. The van der Waals surface area contributed by atoms with Crippen LogP contribution in [0.1, 0.15) is 22.0 Å². The van der Waals surface area contributed by atoms with Gasteiger partial charge >= 0.3 is 6.36 Å². The van der Waals surface area contributed by atoms with Gasteiger partial charge in [0.25, 0.3) is 5.91 Å². The van der Waals surface area contributed by atoms with Gasteiger partial charge in [-0.05, 0) is 41.3 Å². The lowest BCUT2D eigenvalue weighted by molar-refractivity contribution is -0.274. The molecule has 0 bridgehead atoms. The number of rotatable bonds is 3. The number of benzene rings is 2. The molecule has 3 aromatic rings. The Balaban J connectivity index is 1.70. The molecule has 1 aromatic heterocycles. The maximum Gasteiger partial charge on any atom is 0.573 e. The molecule has 1 atom stereocenters. The molecule has 10 heteroatoms. The van der Waals surface area contributed by atoms with Gasteiger partial charge in [-0.1, -0.05) is 12.1 Å². The molecule has 1 aliphatic rings. The number of nitrogens with one attached hydrogen (secondary N) is 1. The molecule has 2 amide bonds. The lowest BCUT2D eigenvalue weighted by atomic mass is 9.99. The van der Waals surface area contributed by atoms with E-state index in [9.17, 15) is 27.2 Å². The summed E-state index contributed by atoms with van der Waals surface area (Å²) in [4.78, 5) is 31.2. The highest BCUT2D eigenvalue weighted by atomic mass is 19.4. The van der Waals surface area contributed by atoms with Crippen molar-refractivity contribution in [3.63, 3.8) is 0 Å². The molecule has 1 N–H and O–H groups in total. The van der Waals surface area contributed by atoms with E-state index in [2.05, 4.69) is 15.0 Å². The quantitative estimate of drug-likeness (QED) is 0.641. The second-order valence-electron chi connectivity index (χ2n) is 6.86. The second-order valence-corrected chi connectivity index (χ2v) is 6.86. The molecular formula is C21H15F4N3O3. The third-order valence-electron chi connectivity index (χ3n) is 4.85. The van der Waals surface area contributed by atoms with E-state index in [0.29, 0.717) is 16.3 Å². The van der Waals surface area contributed by atoms with Crippen molar-refractivity contribution in [2.75, 3.05) is 13.1 Å². The van der Waals surface area contributed by atoms with Crippen LogP contribution in [0.2, 0.25) is 0 Å². The van der Waals surface area contributed by atoms with Gasteiger partial charge < -0.3 is 15.0 Å². The summed E-state index contributed by atoms with van der Waals surface area (Å²) in [6.07, 6.45) is -1.94. The average molecular weight is 433 g/mol. The van der Waals surface area contributed by atoms with Gasteiger partial charge in [0.15, 0.2) is 0 Å². The molecule has 1 aliphatic heterocycles. The Morgan fingerprint density at radius 2 is 1.90 bits per heavy atom. The molecule has 0 aliphatic carbocycles. The van der Waals surface area contributed by atoms with Crippen LogP contribution in [-0.2, 0) is 4.79 Å². The molecule has 31 heavy (non-hydrogen) atoms. The van der Waals surface area contributed by atoms with E-state index in [4.69, 9.17) is 0 Å². The molecule has 4 rings (SSSR count). The van der Waals surface area contributed by atoms with Gasteiger partial charge in [-0.25, -0.2) is 4.39 Å². The first-order chi connectivity index (χ1) is 14.7. The van der Waals surface area contributed by atoms with Crippen LogP contribution in [0, 0.1) is 5.82 Å². The number of piperazine rings is 1. The number of halogens is 4. The zero-order valence-electron chi connectivity index (χ0n) is 15.8. The summed E-state index contributed by atoms with van der Waals surface area (Å²) >= 11 is 0. The first-order valence-corrected chi connectivity index (χ1v) is 9.20. The van der Waals surface area contributed by atoms with Crippen LogP contribution in [0.25, 0.3) is 10.8 Å². The molecule has 2 heterocycles. The molecule has 6 nitrogen and oxygen atoms in total. The minimum absolute atomic E-state index is 0.0415. The minimum atomic E-state index is -4.85. The summed E-state index contributed by atoms with van der Waals surface area (Å²) in [7, 11) is 0. The van der Waals surface area contributed by atoms with Crippen molar-refractivity contribution < 1.29 is 31.9 Å². The number of fused-ring (bicyclic) bond motifs is 1. The lowest BCUT2D eigenvalue weighted by Gasteiger charge is -2.35. The van der Waals surface area contributed by atoms with Crippen molar-refractivity contribution in [2.45, 2.75) is 12.4 Å². The standard InChI is InChI=1S/C21H15F4N3O3/c22-14-9-13-5-6-26-11-17(13)16(10-14)20(30)28-8-7-27-19(29)18(28)12-1-3-15(4-2-12)31-21(23,24)25/h1-6,9-11,18H,7-8H2,(H,27,29). The lowest BCUT2D eigenvalue weighted by Crippen LogP contribution is -2.52. The highest BCUT2D eigenvalue weighted by Crippen LogP contribution is 2.30. The predicted molar refractivity (Wildman–Crippen MR) is 102 cm³/mol. The van der Waals surface area contributed by atoms with Crippen LogP contribution in [0.15, 0.2) is 54.9 Å². The van der Waals surface area contributed by atoms with E-state index in [1.807, 2.05) is 0 Å². The number of amides is 2. The number of hydrogen-bond donors (Lipinski definition) is 1. The van der Waals surface area contributed by atoms with Crippen LogP contribution < -0.4 is 10.1 Å². The van der Waals surface area contributed by atoms with Crippen LogP contribution in [0.3, 0.4) is 0 Å². The molecule has 0 spiro atoms. The first-order valence-electron chi connectivity index (χ1n) is 9.20. The summed E-state index contributed by atoms with van der Waals surface area (Å²) < 4.78 is 55.2. The van der Waals surface area contributed by atoms with E-state index in [1.54, 1.807) is 6.07 Å². The Morgan fingerprint density at radius 3 is 2.61 bits per heavy atom. The van der Waals surface area contributed by atoms with Crippen LogP contribution in [-0.4, -0.2) is 41.2 Å². The third-order valence-corrected chi connectivity index (χ3v) is 4.85. The highest BCUT2D eigenvalue weighted by molar-refractivity contribution is 6.08. The Bertz CT molecular complexity index is 1150. The molecule has 0 saturated carbocycles. The fourth-order valence-corrected chi connectivity index (χ4v) is 3.56. The summed E-state index contributed by atoms with van der Waals surface area (Å²) in [5.74, 6) is -2.16. The fourth-order valence-electron chi connectivity index (χ4n) is 3.56. The smallest absolute Gasteiger partial charge is 0.406 e. The largest absolute Gasteiger partial charge is 0.573 e. The van der Waals surface area contributed by atoms with Crippen molar-refractivity contribution in [1.29, 1.82) is 0 Å². The summed E-state index contributed by atoms with van der Waals surface area (Å²) in [5.41, 5.74) is 0.332. The van der Waals surface area contributed by atoms with E-state index in [1.165, 1.54) is 35.5 Å². The molecule has 1 saturated heterocycles. The van der Waals surface area contributed by atoms with Crippen LogP contribution in [0.5, 0.6) is 5.75 Å². The fraction of sp³-hybridized carbons (Fsp3) is 0.190. The van der Waals surface area contributed by atoms with E-state index in [-0.39, 0.29) is 18.7 Å². The SMILES string of the molecule is O=C1NCCN(C(=O)c2cc(F)cc3ccncc23)C1c1ccc(OC(F)(F)F)cc1. The highest BCUT2D eigenvalue weighted by Gasteiger charge is 2.36. The van der Waals surface area contributed by atoms with E-state index < -0.39 is 35.8 Å². The Labute approximate surface area is 173 Å². The zero-order valence-corrected chi connectivity index (χ0v) is 15.8. The number of pyridine rings is 1. The molecular weight excluding hydrogens is 418 g/mol. The molecule has 2 aromatic carbocycles. The van der Waals surface area contributed by atoms with Gasteiger partial charge in [-0.3, -0.25) is 14.6 Å². The molecule has 1 fully saturated rings. The monoisotopic (exact) mass is 433 g/mol. The third kappa shape index (κ3) is 4.27. The average Bonchev–Trinajstić information content (AvgIpc) is 2.72. The van der Waals surface area contributed by atoms with Gasteiger partial charge in [0.1, 0.15) is 17.6 Å². The number of carbonyl (C=O) groups is 2. The number of aromatic nitrogens is 1. The maximum absolute atomic E-state index is 14.1. The topological polar surface area (TPSA) is 71.5 Å². The Hall–Kier alpha value is -3.69. The zero-order chi connectivity index (χ0) is 22.2. The van der Waals surface area contributed by atoms with Crippen molar-refractivity contribution in [3.8, 4) is 5.75 Å². The van der Waals surface area contributed by atoms with Crippen molar-refractivity contribution in [1.82, 2.24) is 15.2 Å². The molecule has 0 radical (unpaired) electrons. The van der Waals surface area contributed by atoms with Gasteiger partial charge in [0.2, 0.25) is 5.91 Å². The van der Waals surface area contributed by atoms with E-state index in [0.717, 1.165) is 18.2 Å². The number of ether oxygens (including phenoxy) is 1. The molecule has 160 valence electrons. The van der Waals surface area contributed by atoms with Gasteiger partial charge in [0.05, 0.1) is 5.56 Å². The minimum Gasteiger partial charge on any atom is -0.406 e. The Kier molecular flexibility index (Phi) is 5.22. The number of carbonyl (C=O) groups excluding carboxylic acids is 2. The summed E-state index contributed by atoms with van der Waals surface area (Å²) in [6.45, 7) is 0.316. The Morgan fingerprint density at radius 1 is 1.16 bits per heavy atom. The first kappa shape index (κ1) is 20.6. The molecule has 1 unspecified atom stereocenters. The van der Waals surface area contributed by atoms with Crippen LogP contribution in [0.4, 0.5) is 17.6 Å². The number of hydrogen-bond acceptors (Lipinski definition) is 4. The van der Waals surface area contributed by atoms with Gasteiger partial charge in [-0.15, -0.1) is 13.2 Å². The van der Waals surface area contributed by atoms with Crippen molar-refractivity contribution >= 4 is 22.6 Å². The van der Waals surface area contributed by atoms with Crippen molar-refractivity contribution in [3.05, 3.63) is 71.8 Å². The summed E-state index contributed by atoms with van der Waals surface area (Å²) in [6, 6.07) is 7.50. The normalized spacial score (nSPS) is 16.8. The predicted octanol–water partition coefficient (Wildman–Crippen LogP) is 3.59. The number of alkyl halides is 3. The van der Waals surface area contributed by atoms with Crippen LogP contribution >= 0.6 is 0 Å². The van der Waals surface area contributed by atoms with E-state index >= 15 is 0 Å². The van der Waals surface area contributed by atoms with Crippen molar-refractivity contribution in [2.24, 2.45) is 0 Å². The second kappa shape index (κ2) is 7.86. The van der Waals surface area contributed by atoms with Gasteiger partial charge in [-0.2, -0.15) is 0 Å². The maximum atomic E-state index is 14.1. The van der Waals surface area contributed by atoms with Gasteiger partial charge in [0, 0.05) is 30.9 Å².